The minimum Gasteiger partial charge on any atom is -0.466 e. The second-order valence-electron chi connectivity index (χ2n) is 7.27. The third-order valence-electron chi connectivity index (χ3n) is 4.77. The number of anilines is 1. The molecule has 2 heterocycles. The van der Waals surface area contributed by atoms with E-state index in [9.17, 15) is 9.59 Å². The SMILES string of the molecule is CCOC(=O)Cc1csc(NC(=O)CSc2nc3ccccc3cc2Cc2ccccc2)n1. The number of pyridine rings is 1. The maximum Gasteiger partial charge on any atom is 0.311 e. The highest BCUT2D eigenvalue weighted by Gasteiger charge is 2.13. The summed E-state index contributed by atoms with van der Waals surface area (Å²) in [7, 11) is 0. The van der Waals surface area contributed by atoms with Gasteiger partial charge in [-0.05, 0) is 30.2 Å². The quantitative estimate of drug-likeness (QED) is 0.266. The Balaban J connectivity index is 1.44. The average Bonchev–Trinajstić information content (AvgIpc) is 3.24. The first-order chi connectivity index (χ1) is 16.1. The van der Waals surface area contributed by atoms with Crippen LogP contribution in [0.5, 0.6) is 0 Å². The number of carbonyl (C=O) groups is 2. The van der Waals surface area contributed by atoms with E-state index in [0.717, 1.165) is 27.9 Å². The number of nitrogens with zero attached hydrogens (tertiary/aromatic N) is 2. The van der Waals surface area contributed by atoms with Crippen LogP contribution < -0.4 is 5.32 Å². The van der Waals surface area contributed by atoms with Gasteiger partial charge >= 0.3 is 5.97 Å². The van der Waals surface area contributed by atoms with Gasteiger partial charge in [0.05, 0.1) is 30.0 Å². The molecular weight excluding hydrogens is 454 g/mol. The van der Waals surface area contributed by atoms with Crippen molar-refractivity contribution in [3.8, 4) is 0 Å². The Hall–Kier alpha value is -3.23. The maximum atomic E-state index is 12.6. The Morgan fingerprint density at radius 3 is 2.67 bits per heavy atom. The number of fused-ring (bicyclic) bond motifs is 1. The molecule has 1 amide bonds. The van der Waals surface area contributed by atoms with E-state index >= 15 is 0 Å². The maximum absolute atomic E-state index is 12.6. The van der Waals surface area contributed by atoms with Gasteiger partial charge in [-0.15, -0.1) is 11.3 Å². The topological polar surface area (TPSA) is 81.2 Å². The molecule has 0 aliphatic rings. The van der Waals surface area contributed by atoms with Crippen molar-refractivity contribution in [3.63, 3.8) is 0 Å². The smallest absolute Gasteiger partial charge is 0.311 e. The lowest BCUT2D eigenvalue weighted by Crippen LogP contribution is -2.14. The van der Waals surface area contributed by atoms with E-state index in [1.54, 1.807) is 12.3 Å². The molecule has 8 heteroatoms. The second kappa shape index (κ2) is 11.1. The van der Waals surface area contributed by atoms with Crippen LogP contribution in [0.1, 0.15) is 23.7 Å². The van der Waals surface area contributed by atoms with Crippen molar-refractivity contribution < 1.29 is 14.3 Å². The van der Waals surface area contributed by atoms with Crippen molar-refractivity contribution >= 4 is 51.0 Å². The van der Waals surface area contributed by atoms with Gasteiger partial charge in [0.25, 0.3) is 0 Å². The normalized spacial score (nSPS) is 10.8. The highest BCUT2D eigenvalue weighted by Crippen LogP contribution is 2.27. The second-order valence-corrected chi connectivity index (χ2v) is 9.09. The number of nitrogens with one attached hydrogen (secondary N) is 1. The predicted molar refractivity (Wildman–Crippen MR) is 133 cm³/mol. The van der Waals surface area contributed by atoms with Gasteiger partial charge in [-0.3, -0.25) is 9.59 Å². The minimum absolute atomic E-state index is 0.0960. The first-order valence-corrected chi connectivity index (χ1v) is 12.4. The molecule has 2 aromatic carbocycles. The van der Waals surface area contributed by atoms with Gasteiger partial charge in [0.2, 0.25) is 5.91 Å². The van der Waals surface area contributed by atoms with Crippen LogP contribution in [0.4, 0.5) is 5.13 Å². The van der Waals surface area contributed by atoms with Crippen LogP contribution in [0.25, 0.3) is 10.9 Å². The van der Waals surface area contributed by atoms with Gasteiger partial charge in [-0.2, -0.15) is 0 Å². The molecule has 0 bridgehead atoms. The summed E-state index contributed by atoms with van der Waals surface area (Å²) in [6.07, 6.45) is 0.838. The molecule has 6 nitrogen and oxygen atoms in total. The molecule has 2 aromatic heterocycles. The van der Waals surface area contributed by atoms with Crippen molar-refractivity contribution in [2.75, 3.05) is 17.7 Å². The van der Waals surface area contributed by atoms with Crippen LogP contribution in [-0.4, -0.2) is 34.2 Å². The molecule has 33 heavy (non-hydrogen) atoms. The standard InChI is InChI=1S/C25H23N3O3S2/c1-2-31-23(30)14-20-15-33-25(26-20)28-22(29)16-32-24-19(12-17-8-4-3-5-9-17)13-18-10-6-7-11-21(18)27-24/h3-11,13,15H,2,12,14,16H2,1H3,(H,26,28,29). The average molecular weight is 478 g/mol. The van der Waals surface area contributed by atoms with Crippen LogP contribution in [0, 0.1) is 0 Å². The number of aromatic nitrogens is 2. The Bertz CT molecular complexity index is 1260. The summed E-state index contributed by atoms with van der Waals surface area (Å²) in [5.74, 6) is -0.290. The molecule has 0 unspecified atom stereocenters. The van der Waals surface area contributed by atoms with Crippen LogP contribution in [0.15, 0.2) is 71.1 Å². The van der Waals surface area contributed by atoms with Gasteiger partial charge in [0, 0.05) is 17.2 Å². The van der Waals surface area contributed by atoms with Crippen molar-refractivity contribution in [1.82, 2.24) is 9.97 Å². The lowest BCUT2D eigenvalue weighted by Gasteiger charge is -2.11. The van der Waals surface area contributed by atoms with E-state index in [2.05, 4.69) is 28.5 Å². The molecule has 0 saturated carbocycles. The Labute approximate surface area is 200 Å². The third kappa shape index (κ3) is 6.40. The van der Waals surface area contributed by atoms with Crippen molar-refractivity contribution in [3.05, 3.63) is 82.9 Å². The zero-order valence-electron chi connectivity index (χ0n) is 18.1. The molecule has 0 fully saturated rings. The molecule has 4 aromatic rings. The van der Waals surface area contributed by atoms with Gasteiger partial charge < -0.3 is 10.1 Å². The van der Waals surface area contributed by atoms with E-state index in [4.69, 9.17) is 9.72 Å². The summed E-state index contributed by atoms with van der Waals surface area (Å²) in [4.78, 5) is 33.3. The molecule has 168 valence electrons. The molecule has 0 saturated heterocycles. The monoisotopic (exact) mass is 477 g/mol. The number of hydrogen-bond acceptors (Lipinski definition) is 7. The van der Waals surface area contributed by atoms with E-state index in [1.807, 2.05) is 42.5 Å². The number of benzene rings is 2. The molecule has 1 N–H and O–H groups in total. The summed E-state index contributed by atoms with van der Waals surface area (Å²) in [5, 5.41) is 6.95. The lowest BCUT2D eigenvalue weighted by atomic mass is 10.0. The van der Waals surface area contributed by atoms with Crippen LogP contribution in [0.2, 0.25) is 0 Å². The van der Waals surface area contributed by atoms with Gasteiger partial charge in [-0.25, -0.2) is 9.97 Å². The van der Waals surface area contributed by atoms with Gasteiger partial charge in [0.15, 0.2) is 5.13 Å². The Morgan fingerprint density at radius 2 is 1.85 bits per heavy atom. The molecule has 4 rings (SSSR count). The molecule has 0 aliphatic carbocycles. The number of esters is 1. The van der Waals surface area contributed by atoms with Gasteiger partial charge in [0.1, 0.15) is 5.03 Å². The largest absolute Gasteiger partial charge is 0.466 e. The van der Waals surface area contributed by atoms with Crippen molar-refractivity contribution in [2.24, 2.45) is 0 Å². The van der Waals surface area contributed by atoms with Crippen LogP contribution in [0.3, 0.4) is 0 Å². The number of thioether (sulfide) groups is 1. The summed E-state index contributed by atoms with van der Waals surface area (Å²) < 4.78 is 4.94. The summed E-state index contributed by atoms with van der Waals surface area (Å²) in [6, 6.07) is 20.4. The van der Waals surface area contributed by atoms with Gasteiger partial charge in [-0.1, -0.05) is 60.3 Å². The number of amides is 1. The first kappa shape index (κ1) is 22.9. The fourth-order valence-electron chi connectivity index (χ4n) is 3.30. The van der Waals surface area contributed by atoms with Crippen LogP contribution in [-0.2, 0) is 27.2 Å². The fourth-order valence-corrected chi connectivity index (χ4v) is 4.85. The minimum atomic E-state index is -0.329. The number of hydrogen-bond donors (Lipinski definition) is 1. The van der Waals surface area contributed by atoms with Crippen molar-refractivity contribution in [2.45, 2.75) is 24.8 Å². The molecule has 0 radical (unpaired) electrons. The van der Waals surface area contributed by atoms with E-state index in [1.165, 1.54) is 28.7 Å². The van der Waals surface area contributed by atoms with E-state index in [0.29, 0.717) is 17.4 Å². The highest BCUT2D eigenvalue weighted by molar-refractivity contribution is 8.00. The third-order valence-corrected chi connectivity index (χ3v) is 6.61. The molecule has 0 aliphatic heterocycles. The zero-order valence-corrected chi connectivity index (χ0v) is 19.7. The number of rotatable bonds is 9. The number of carbonyl (C=O) groups excluding carboxylic acids is 2. The number of thiazole rings is 1. The highest BCUT2D eigenvalue weighted by atomic mass is 32.2. The summed E-state index contributed by atoms with van der Waals surface area (Å²) in [6.45, 7) is 2.09. The Morgan fingerprint density at radius 1 is 1.06 bits per heavy atom. The summed E-state index contributed by atoms with van der Waals surface area (Å²) in [5.41, 5.74) is 3.77. The lowest BCUT2D eigenvalue weighted by molar-refractivity contribution is -0.142. The molecular formula is C25H23N3O3S2. The predicted octanol–water partition coefficient (Wildman–Crippen LogP) is 5.12. The van der Waals surface area contributed by atoms with E-state index < -0.39 is 0 Å². The first-order valence-electron chi connectivity index (χ1n) is 10.6. The van der Waals surface area contributed by atoms with Crippen molar-refractivity contribution in [1.29, 1.82) is 0 Å². The Kier molecular flexibility index (Phi) is 7.70. The zero-order chi connectivity index (χ0) is 23.0. The fraction of sp³-hybridized carbons (Fsp3) is 0.200. The molecule has 0 atom stereocenters. The van der Waals surface area contributed by atoms with Crippen LogP contribution >= 0.6 is 23.1 Å². The number of para-hydroxylation sites is 1. The van der Waals surface area contributed by atoms with E-state index in [-0.39, 0.29) is 24.1 Å². The number of ether oxygens (including phenoxy) is 1. The summed E-state index contributed by atoms with van der Waals surface area (Å²) >= 11 is 2.70. The molecule has 0 spiro atoms.